The van der Waals surface area contributed by atoms with Crippen molar-refractivity contribution in [3.05, 3.63) is 52.1 Å². The van der Waals surface area contributed by atoms with E-state index in [-0.39, 0.29) is 34.7 Å². The van der Waals surface area contributed by atoms with Crippen LogP contribution in [-0.4, -0.2) is 25.7 Å². The SMILES string of the molecule is CCN1C(=C(N)C(=N)N)NC(C(C)C)=C1S(=O)(=O)Oc1cc(F)cc(F)c1. The maximum absolute atomic E-state index is 13.4. The van der Waals surface area contributed by atoms with Gasteiger partial charge in [-0.2, -0.15) is 8.42 Å². The average molecular weight is 401 g/mol. The summed E-state index contributed by atoms with van der Waals surface area (Å²) in [4.78, 5) is 1.29. The number of hydrogen-bond acceptors (Lipinski definition) is 7. The van der Waals surface area contributed by atoms with Crippen molar-refractivity contribution in [2.45, 2.75) is 20.8 Å². The number of rotatable bonds is 6. The molecule has 1 heterocycles. The molecule has 1 aromatic rings. The van der Waals surface area contributed by atoms with E-state index in [2.05, 4.69) is 5.32 Å². The van der Waals surface area contributed by atoms with E-state index in [9.17, 15) is 17.2 Å². The minimum atomic E-state index is -4.49. The molecule has 0 saturated carbocycles. The second-order valence-electron chi connectivity index (χ2n) is 6.06. The van der Waals surface area contributed by atoms with Crippen molar-refractivity contribution in [1.82, 2.24) is 10.2 Å². The van der Waals surface area contributed by atoms with Crippen LogP contribution < -0.4 is 21.0 Å². The van der Waals surface area contributed by atoms with Gasteiger partial charge in [-0.3, -0.25) is 5.41 Å². The highest BCUT2D eigenvalue weighted by molar-refractivity contribution is 7.91. The third-order valence-electron chi connectivity index (χ3n) is 3.72. The smallest absolute Gasteiger partial charge is 0.356 e. The molecule has 6 N–H and O–H groups in total. The van der Waals surface area contributed by atoms with Crippen LogP contribution in [0.15, 0.2) is 40.4 Å². The highest BCUT2D eigenvalue weighted by Gasteiger charge is 2.39. The molecule has 1 aliphatic heterocycles. The summed E-state index contributed by atoms with van der Waals surface area (Å²) in [5, 5.41) is 10.1. The Morgan fingerprint density at radius 2 is 1.81 bits per heavy atom. The van der Waals surface area contributed by atoms with E-state index in [1.54, 1.807) is 20.8 Å². The van der Waals surface area contributed by atoms with Gasteiger partial charge in [0.05, 0.1) is 5.70 Å². The fraction of sp³-hybridized carbons (Fsp3) is 0.312. The molecule has 1 aliphatic rings. The summed E-state index contributed by atoms with van der Waals surface area (Å²) in [6.45, 7) is 5.29. The van der Waals surface area contributed by atoms with Crippen molar-refractivity contribution >= 4 is 16.0 Å². The molecule has 0 aromatic heterocycles. The highest BCUT2D eigenvalue weighted by atomic mass is 32.2. The number of nitrogens with two attached hydrogens (primary N) is 2. The third kappa shape index (κ3) is 4.13. The Morgan fingerprint density at radius 3 is 2.26 bits per heavy atom. The molecule has 0 radical (unpaired) electrons. The van der Waals surface area contributed by atoms with Gasteiger partial charge in [0, 0.05) is 24.7 Å². The fourth-order valence-electron chi connectivity index (χ4n) is 2.54. The van der Waals surface area contributed by atoms with Crippen LogP contribution in [0.3, 0.4) is 0 Å². The van der Waals surface area contributed by atoms with E-state index < -0.39 is 33.3 Å². The number of amidine groups is 1. The second kappa shape index (κ2) is 7.43. The summed E-state index contributed by atoms with van der Waals surface area (Å²) in [7, 11) is -4.49. The molecule has 0 amide bonds. The second-order valence-corrected chi connectivity index (χ2v) is 7.52. The van der Waals surface area contributed by atoms with Crippen LogP contribution >= 0.6 is 0 Å². The van der Waals surface area contributed by atoms with Gasteiger partial charge in [-0.05, 0) is 12.8 Å². The van der Waals surface area contributed by atoms with Gasteiger partial charge < -0.3 is 25.9 Å². The van der Waals surface area contributed by atoms with E-state index in [1.807, 2.05) is 0 Å². The Hall–Kier alpha value is -2.82. The topological polar surface area (TPSA) is 135 Å². The number of nitrogens with zero attached hydrogens (tertiary/aromatic N) is 1. The lowest BCUT2D eigenvalue weighted by molar-refractivity contribution is 0.436. The first-order valence-electron chi connectivity index (χ1n) is 8.01. The molecule has 0 bridgehead atoms. The molecule has 0 aliphatic carbocycles. The maximum Gasteiger partial charge on any atom is 0.356 e. The summed E-state index contributed by atoms with van der Waals surface area (Å²) in [6, 6.07) is 2.12. The monoisotopic (exact) mass is 401 g/mol. The standard InChI is InChI=1S/C16H21F2N5O3S/c1-4-23-15(12(19)14(20)21)22-13(8(2)3)16(23)27(24,25)26-11-6-9(17)5-10(18)7-11/h5-8,22H,4,19H2,1-3H3,(H3,20,21). The van der Waals surface area contributed by atoms with Crippen LogP contribution in [0.2, 0.25) is 0 Å². The normalized spacial score (nSPS) is 16.6. The molecule has 0 atom stereocenters. The zero-order chi connectivity index (χ0) is 20.5. The Morgan fingerprint density at radius 1 is 1.26 bits per heavy atom. The van der Waals surface area contributed by atoms with E-state index in [0.717, 1.165) is 12.1 Å². The summed E-state index contributed by atoms with van der Waals surface area (Å²) < 4.78 is 57.5. The van der Waals surface area contributed by atoms with E-state index in [0.29, 0.717) is 6.07 Å². The van der Waals surface area contributed by atoms with Crippen molar-refractivity contribution in [1.29, 1.82) is 5.41 Å². The van der Waals surface area contributed by atoms with E-state index in [1.165, 1.54) is 4.90 Å². The van der Waals surface area contributed by atoms with Gasteiger partial charge in [0.25, 0.3) is 0 Å². The van der Waals surface area contributed by atoms with Crippen LogP contribution in [0.25, 0.3) is 0 Å². The van der Waals surface area contributed by atoms with Crippen molar-refractivity contribution < 1.29 is 21.4 Å². The van der Waals surface area contributed by atoms with Crippen LogP contribution in [0.5, 0.6) is 5.75 Å². The lowest BCUT2D eigenvalue weighted by Crippen LogP contribution is -2.33. The first-order chi connectivity index (χ1) is 12.5. The molecule has 11 heteroatoms. The van der Waals surface area contributed by atoms with Crippen molar-refractivity contribution in [3.8, 4) is 5.75 Å². The Bertz CT molecular complexity index is 921. The zero-order valence-corrected chi connectivity index (χ0v) is 15.8. The van der Waals surface area contributed by atoms with Gasteiger partial charge in [0.15, 0.2) is 5.03 Å². The van der Waals surface area contributed by atoms with Gasteiger partial charge in [0.2, 0.25) is 0 Å². The number of benzene rings is 1. The molecule has 0 fully saturated rings. The van der Waals surface area contributed by atoms with E-state index in [4.69, 9.17) is 21.1 Å². The lowest BCUT2D eigenvalue weighted by atomic mass is 10.1. The molecule has 0 saturated heterocycles. The minimum absolute atomic E-state index is 0.126. The van der Waals surface area contributed by atoms with Crippen molar-refractivity contribution in [2.75, 3.05) is 6.54 Å². The van der Waals surface area contributed by atoms with Crippen molar-refractivity contribution in [3.63, 3.8) is 0 Å². The van der Waals surface area contributed by atoms with Gasteiger partial charge >= 0.3 is 10.1 Å². The zero-order valence-electron chi connectivity index (χ0n) is 15.0. The van der Waals surface area contributed by atoms with Gasteiger partial charge in [-0.1, -0.05) is 13.8 Å². The Labute approximate surface area is 156 Å². The lowest BCUT2D eigenvalue weighted by Gasteiger charge is -2.22. The number of nitrogens with one attached hydrogen (secondary N) is 2. The quantitative estimate of drug-likeness (QED) is 0.322. The van der Waals surface area contributed by atoms with Crippen LogP contribution in [0, 0.1) is 23.0 Å². The first kappa shape index (κ1) is 20.5. The summed E-state index contributed by atoms with van der Waals surface area (Å²) in [5.74, 6) is -3.06. The van der Waals surface area contributed by atoms with Crippen LogP contribution in [0.4, 0.5) is 8.78 Å². The van der Waals surface area contributed by atoms with Crippen LogP contribution in [-0.2, 0) is 10.1 Å². The maximum atomic E-state index is 13.4. The molecule has 2 rings (SSSR count). The summed E-state index contributed by atoms with van der Waals surface area (Å²) in [5.41, 5.74) is 11.3. The van der Waals surface area contributed by atoms with E-state index >= 15 is 0 Å². The van der Waals surface area contributed by atoms with Gasteiger partial charge in [-0.15, -0.1) is 0 Å². The van der Waals surface area contributed by atoms with Crippen molar-refractivity contribution in [2.24, 2.45) is 17.4 Å². The highest BCUT2D eigenvalue weighted by Crippen LogP contribution is 2.33. The van der Waals surface area contributed by atoms with Gasteiger partial charge in [-0.25, -0.2) is 8.78 Å². The fourth-order valence-corrected chi connectivity index (χ4v) is 4.02. The molecular formula is C16H21F2N5O3S. The molecule has 1 aromatic carbocycles. The Kier molecular flexibility index (Phi) is 5.64. The summed E-state index contributed by atoms with van der Waals surface area (Å²) >= 11 is 0. The third-order valence-corrected chi connectivity index (χ3v) is 5.04. The number of allylic oxidation sites excluding steroid dienone is 1. The molecule has 0 spiro atoms. The van der Waals surface area contributed by atoms with Crippen LogP contribution in [0.1, 0.15) is 20.8 Å². The number of hydrogen-bond donors (Lipinski definition) is 4. The minimum Gasteiger partial charge on any atom is -0.393 e. The Balaban J connectivity index is 2.58. The number of halogens is 2. The largest absolute Gasteiger partial charge is 0.393 e. The summed E-state index contributed by atoms with van der Waals surface area (Å²) in [6.07, 6.45) is 0. The molecule has 8 nitrogen and oxygen atoms in total. The molecule has 0 unspecified atom stereocenters. The average Bonchev–Trinajstić information content (AvgIpc) is 2.93. The molecular weight excluding hydrogens is 380 g/mol. The molecule has 27 heavy (non-hydrogen) atoms. The van der Waals surface area contributed by atoms with Gasteiger partial charge in [0.1, 0.15) is 34.7 Å². The predicted octanol–water partition coefficient (Wildman–Crippen LogP) is 1.49. The molecule has 148 valence electrons. The first-order valence-corrected chi connectivity index (χ1v) is 9.42. The predicted molar refractivity (Wildman–Crippen MR) is 96.4 cm³/mol.